The molecule has 1 fully saturated rings. The zero-order valence-corrected chi connectivity index (χ0v) is 11.6. The maximum absolute atomic E-state index is 13.2. The molecule has 0 amide bonds. The van der Waals surface area contributed by atoms with Crippen molar-refractivity contribution in [3.05, 3.63) is 29.6 Å². The van der Waals surface area contributed by atoms with Gasteiger partial charge in [0, 0.05) is 24.2 Å². The van der Waals surface area contributed by atoms with Gasteiger partial charge in [-0.3, -0.25) is 0 Å². The molecule has 0 aliphatic carbocycles. The number of benzene rings is 1. The van der Waals surface area contributed by atoms with Gasteiger partial charge in [-0.1, -0.05) is 6.07 Å². The van der Waals surface area contributed by atoms with Crippen molar-refractivity contribution in [3.63, 3.8) is 0 Å². The summed E-state index contributed by atoms with van der Waals surface area (Å²) in [6.07, 6.45) is 3.58. The maximum Gasteiger partial charge on any atom is 0.126 e. The molecule has 1 aliphatic heterocycles. The fourth-order valence-electron chi connectivity index (χ4n) is 2.49. The van der Waals surface area contributed by atoms with Crippen molar-refractivity contribution in [2.75, 3.05) is 26.2 Å². The van der Waals surface area contributed by atoms with Crippen LogP contribution in [0.15, 0.2) is 18.2 Å². The molecule has 3 nitrogen and oxygen atoms in total. The lowest BCUT2D eigenvalue weighted by Gasteiger charge is -2.16. The molecule has 4 heteroatoms. The first-order valence-electron chi connectivity index (χ1n) is 7.07. The van der Waals surface area contributed by atoms with Crippen LogP contribution < -0.4 is 10.5 Å². The van der Waals surface area contributed by atoms with Gasteiger partial charge in [0.15, 0.2) is 0 Å². The summed E-state index contributed by atoms with van der Waals surface area (Å²) in [4.78, 5) is 2.45. The molecule has 106 valence electrons. The Balaban J connectivity index is 1.82. The van der Waals surface area contributed by atoms with E-state index in [0.29, 0.717) is 12.4 Å². The first-order valence-corrected chi connectivity index (χ1v) is 7.07. The highest BCUT2D eigenvalue weighted by molar-refractivity contribution is 5.36. The van der Waals surface area contributed by atoms with E-state index in [4.69, 9.17) is 10.5 Å². The van der Waals surface area contributed by atoms with E-state index in [0.717, 1.165) is 18.5 Å². The normalized spacial score (nSPS) is 17.6. The maximum atomic E-state index is 13.2. The Hall–Kier alpha value is -1.13. The second-order valence-corrected chi connectivity index (χ2v) is 5.22. The number of rotatable bonds is 6. The fraction of sp³-hybridized carbons (Fsp3) is 0.600. The van der Waals surface area contributed by atoms with Crippen LogP contribution in [-0.2, 0) is 0 Å². The van der Waals surface area contributed by atoms with Gasteiger partial charge >= 0.3 is 0 Å². The highest BCUT2D eigenvalue weighted by Gasteiger charge is 2.12. The Labute approximate surface area is 114 Å². The molecule has 0 radical (unpaired) electrons. The predicted molar refractivity (Wildman–Crippen MR) is 74.8 cm³/mol. The summed E-state index contributed by atoms with van der Waals surface area (Å²) in [5, 5.41) is 0. The van der Waals surface area contributed by atoms with E-state index in [1.165, 1.54) is 38.1 Å². The number of likely N-dealkylation sites (tertiary alicyclic amines) is 1. The van der Waals surface area contributed by atoms with Crippen LogP contribution in [0.3, 0.4) is 0 Å². The third kappa shape index (κ3) is 4.18. The van der Waals surface area contributed by atoms with Gasteiger partial charge < -0.3 is 15.4 Å². The standard InChI is InChI=1S/C15H23FN2O/c1-12(17)14-6-5-13(16)11-15(14)19-10-4-9-18-7-2-3-8-18/h5-6,11-12H,2-4,7-10,17H2,1H3/t12-/m1/s1. The second kappa shape index (κ2) is 6.87. The summed E-state index contributed by atoms with van der Waals surface area (Å²) >= 11 is 0. The quantitative estimate of drug-likeness (QED) is 0.805. The van der Waals surface area contributed by atoms with E-state index in [-0.39, 0.29) is 11.9 Å². The summed E-state index contributed by atoms with van der Waals surface area (Å²) in [6.45, 7) is 5.95. The topological polar surface area (TPSA) is 38.5 Å². The number of halogens is 1. The van der Waals surface area contributed by atoms with Gasteiger partial charge in [0.2, 0.25) is 0 Å². The Bertz CT molecular complexity index is 403. The molecule has 2 N–H and O–H groups in total. The van der Waals surface area contributed by atoms with Crippen molar-refractivity contribution in [1.82, 2.24) is 4.90 Å². The third-order valence-electron chi connectivity index (χ3n) is 3.54. The summed E-state index contributed by atoms with van der Waals surface area (Å²) < 4.78 is 18.9. The van der Waals surface area contributed by atoms with Gasteiger partial charge in [-0.2, -0.15) is 0 Å². The summed E-state index contributed by atoms with van der Waals surface area (Å²) in [5.74, 6) is 0.301. The Morgan fingerprint density at radius 1 is 1.37 bits per heavy atom. The molecule has 0 bridgehead atoms. The molecular formula is C15H23FN2O. The smallest absolute Gasteiger partial charge is 0.126 e. The molecule has 0 saturated carbocycles. The average molecular weight is 266 g/mol. The molecule has 0 aromatic heterocycles. The van der Waals surface area contributed by atoms with Crippen molar-refractivity contribution in [2.24, 2.45) is 5.73 Å². The van der Waals surface area contributed by atoms with E-state index in [1.807, 2.05) is 6.92 Å². The number of hydrogen-bond donors (Lipinski definition) is 1. The molecule has 0 unspecified atom stereocenters. The van der Waals surface area contributed by atoms with Crippen LogP contribution >= 0.6 is 0 Å². The zero-order chi connectivity index (χ0) is 13.7. The third-order valence-corrected chi connectivity index (χ3v) is 3.54. The van der Waals surface area contributed by atoms with Gasteiger partial charge in [-0.15, -0.1) is 0 Å². The van der Waals surface area contributed by atoms with Crippen LogP contribution in [-0.4, -0.2) is 31.1 Å². The van der Waals surface area contributed by atoms with Gasteiger partial charge in [-0.25, -0.2) is 4.39 Å². The Morgan fingerprint density at radius 3 is 2.79 bits per heavy atom. The van der Waals surface area contributed by atoms with Crippen molar-refractivity contribution in [1.29, 1.82) is 0 Å². The van der Waals surface area contributed by atoms with Gasteiger partial charge in [0.05, 0.1) is 6.61 Å². The van der Waals surface area contributed by atoms with E-state index in [2.05, 4.69) is 4.90 Å². The molecular weight excluding hydrogens is 243 g/mol. The van der Waals surface area contributed by atoms with E-state index >= 15 is 0 Å². The van der Waals surface area contributed by atoms with Crippen molar-refractivity contribution < 1.29 is 9.13 Å². The number of nitrogens with two attached hydrogens (primary N) is 1. The molecule has 1 heterocycles. The lowest BCUT2D eigenvalue weighted by atomic mass is 10.1. The Kier molecular flexibility index (Phi) is 5.16. The van der Waals surface area contributed by atoms with Crippen molar-refractivity contribution >= 4 is 0 Å². The van der Waals surface area contributed by atoms with Gasteiger partial charge in [0.1, 0.15) is 11.6 Å². The van der Waals surface area contributed by atoms with Crippen LogP contribution in [0.4, 0.5) is 4.39 Å². The summed E-state index contributed by atoms with van der Waals surface area (Å²) in [6, 6.07) is 4.41. The molecule has 1 atom stereocenters. The second-order valence-electron chi connectivity index (χ2n) is 5.22. The van der Waals surface area contributed by atoms with Crippen LogP contribution in [0, 0.1) is 5.82 Å². The minimum Gasteiger partial charge on any atom is -0.493 e. The van der Waals surface area contributed by atoms with Crippen LogP contribution in [0.25, 0.3) is 0 Å². The SMILES string of the molecule is C[C@@H](N)c1ccc(F)cc1OCCCN1CCCC1. The molecule has 2 rings (SSSR count). The van der Waals surface area contributed by atoms with E-state index < -0.39 is 0 Å². The van der Waals surface area contributed by atoms with Crippen molar-refractivity contribution in [3.8, 4) is 5.75 Å². The van der Waals surface area contributed by atoms with Gasteiger partial charge in [0.25, 0.3) is 0 Å². The Morgan fingerprint density at radius 2 is 2.11 bits per heavy atom. The molecule has 1 aliphatic rings. The number of hydrogen-bond acceptors (Lipinski definition) is 3. The first kappa shape index (κ1) is 14.3. The number of ether oxygens (including phenoxy) is 1. The first-order chi connectivity index (χ1) is 9.16. The highest BCUT2D eigenvalue weighted by Crippen LogP contribution is 2.25. The van der Waals surface area contributed by atoms with Crippen LogP contribution in [0.1, 0.15) is 37.8 Å². The summed E-state index contributed by atoms with van der Waals surface area (Å²) in [5.41, 5.74) is 6.72. The zero-order valence-electron chi connectivity index (χ0n) is 11.6. The summed E-state index contributed by atoms with van der Waals surface area (Å²) in [7, 11) is 0. The van der Waals surface area contributed by atoms with E-state index in [9.17, 15) is 4.39 Å². The molecule has 19 heavy (non-hydrogen) atoms. The number of nitrogens with zero attached hydrogens (tertiary/aromatic N) is 1. The average Bonchev–Trinajstić information content (AvgIpc) is 2.87. The highest BCUT2D eigenvalue weighted by atomic mass is 19.1. The minimum atomic E-state index is -0.279. The van der Waals surface area contributed by atoms with E-state index in [1.54, 1.807) is 6.07 Å². The minimum absolute atomic E-state index is 0.144. The van der Waals surface area contributed by atoms with Crippen LogP contribution in [0.5, 0.6) is 5.75 Å². The lowest BCUT2D eigenvalue weighted by Crippen LogP contribution is -2.22. The monoisotopic (exact) mass is 266 g/mol. The molecule has 1 aromatic rings. The molecule has 1 aromatic carbocycles. The molecule has 1 saturated heterocycles. The van der Waals surface area contributed by atoms with Crippen molar-refractivity contribution in [2.45, 2.75) is 32.2 Å². The predicted octanol–water partition coefficient (Wildman–Crippen LogP) is 2.71. The lowest BCUT2D eigenvalue weighted by molar-refractivity contribution is 0.260. The van der Waals surface area contributed by atoms with Gasteiger partial charge in [-0.05, 0) is 45.3 Å². The van der Waals surface area contributed by atoms with Crippen LogP contribution in [0.2, 0.25) is 0 Å². The largest absolute Gasteiger partial charge is 0.493 e. The fourth-order valence-corrected chi connectivity index (χ4v) is 2.49. The molecule has 0 spiro atoms.